The van der Waals surface area contributed by atoms with Crippen LogP contribution in [0.2, 0.25) is 0 Å². The van der Waals surface area contributed by atoms with Crippen LogP contribution in [0.5, 0.6) is 0 Å². The van der Waals surface area contributed by atoms with Gasteiger partial charge in [0, 0.05) is 10.9 Å². The quantitative estimate of drug-likeness (QED) is 0.782. The van der Waals surface area contributed by atoms with Crippen molar-refractivity contribution in [2.45, 2.75) is 37.8 Å². The van der Waals surface area contributed by atoms with E-state index in [0.717, 1.165) is 25.7 Å². The molecule has 1 heterocycles. The molecular formula is C12H16N2O3S. The monoisotopic (exact) mass is 268 g/mol. The van der Waals surface area contributed by atoms with Crippen molar-refractivity contribution < 1.29 is 14.7 Å². The summed E-state index contributed by atoms with van der Waals surface area (Å²) in [5, 5.41) is 16.2. The van der Waals surface area contributed by atoms with Crippen LogP contribution in [0.4, 0.5) is 4.79 Å². The molecule has 1 aliphatic carbocycles. The van der Waals surface area contributed by atoms with Gasteiger partial charge in [0.2, 0.25) is 0 Å². The molecule has 1 unspecified atom stereocenters. The van der Waals surface area contributed by atoms with E-state index in [1.807, 2.05) is 0 Å². The topological polar surface area (TPSA) is 78.4 Å². The Hall–Kier alpha value is -1.56. The minimum absolute atomic E-state index is 0.183. The van der Waals surface area contributed by atoms with Crippen molar-refractivity contribution in [3.05, 3.63) is 22.4 Å². The molecule has 3 N–H and O–H groups in total. The summed E-state index contributed by atoms with van der Waals surface area (Å²) in [6.07, 6.45) is 4.20. The van der Waals surface area contributed by atoms with Crippen LogP contribution in [-0.2, 0) is 4.79 Å². The number of aliphatic carboxylic acids is 1. The molecule has 0 radical (unpaired) electrons. The first-order valence-electron chi connectivity index (χ1n) is 6.00. The van der Waals surface area contributed by atoms with E-state index in [1.54, 1.807) is 17.5 Å². The Balaban J connectivity index is 1.92. The van der Waals surface area contributed by atoms with Gasteiger partial charge < -0.3 is 15.7 Å². The molecule has 0 aromatic carbocycles. The molecule has 5 nitrogen and oxygen atoms in total. The fraction of sp³-hybridized carbons (Fsp3) is 0.500. The van der Waals surface area contributed by atoms with Crippen LogP contribution in [0.25, 0.3) is 0 Å². The van der Waals surface area contributed by atoms with Gasteiger partial charge in [0.05, 0.1) is 0 Å². The van der Waals surface area contributed by atoms with Crippen LogP contribution in [0.15, 0.2) is 17.5 Å². The van der Waals surface area contributed by atoms with Crippen LogP contribution in [0.1, 0.15) is 36.6 Å². The Kier molecular flexibility index (Phi) is 4.19. The van der Waals surface area contributed by atoms with Crippen LogP contribution in [0, 0.1) is 0 Å². The van der Waals surface area contributed by atoms with Crippen LogP contribution in [0.3, 0.4) is 0 Å². The first-order valence-corrected chi connectivity index (χ1v) is 6.88. The zero-order valence-corrected chi connectivity index (χ0v) is 10.7. The Morgan fingerprint density at radius 1 is 1.39 bits per heavy atom. The number of carbonyl (C=O) groups excluding carboxylic acids is 1. The smallest absolute Gasteiger partial charge is 0.331 e. The molecule has 2 rings (SSSR count). The number of hydrogen-bond donors (Lipinski definition) is 3. The van der Waals surface area contributed by atoms with Crippen LogP contribution < -0.4 is 10.6 Å². The van der Waals surface area contributed by atoms with Gasteiger partial charge in [0.25, 0.3) is 0 Å². The molecule has 6 heteroatoms. The highest BCUT2D eigenvalue weighted by molar-refractivity contribution is 7.10. The summed E-state index contributed by atoms with van der Waals surface area (Å²) in [5.74, 6) is -1.04. The van der Waals surface area contributed by atoms with Crippen molar-refractivity contribution in [3.63, 3.8) is 0 Å². The molecule has 0 bridgehead atoms. The van der Waals surface area contributed by atoms with Crippen molar-refractivity contribution in [3.8, 4) is 0 Å². The van der Waals surface area contributed by atoms with Gasteiger partial charge in [-0.2, -0.15) is 0 Å². The maximum atomic E-state index is 11.7. The number of carbonyl (C=O) groups is 2. The van der Waals surface area contributed by atoms with Gasteiger partial charge in [-0.15, -0.1) is 11.3 Å². The standard InChI is InChI=1S/C12H16N2O3S/c15-11(16)10(9-6-3-7-18-9)14-12(17)13-8-4-1-2-5-8/h3,6-8,10H,1-2,4-5H2,(H,15,16)(H2,13,14,17). The van der Waals surface area contributed by atoms with Gasteiger partial charge in [-0.1, -0.05) is 18.9 Å². The van der Waals surface area contributed by atoms with E-state index in [4.69, 9.17) is 5.11 Å². The third-order valence-electron chi connectivity index (χ3n) is 3.04. The van der Waals surface area contributed by atoms with Crippen LogP contribution >= 0.6 is 11.3 Å². The van der Waals surface area contributed by atoms with Gasteiger partial charge in [-0.3, -0.25) is 0 Å². The lowest BCUT2D eigenvalue weighted by Crippen LogP contribution is -2.44. The fourth-order valence-corrected chi connectivity index (χ4v) is 2.91. The summed E-state index contributed by atoms with van der Waals surface area (Å²) in [4.78, 5) is 23.5. The zero-order valence-electron chi connectivity index (χ0n) is 9.89. The molecule has 0 aliphatic heterocycles. The van der Waals surface area contributed by atoms with E-state index >= 15 is 0 Å². The molecule has 18 heavy (non-hydrogen) atoms. The second-order valence-electron chi connectivity index (χ2n) is 4.39. The number of thiophene rings is 1. The highest BCUT2D eigenvalue weighted by Gasteiger charge is 2.24. The van der Waals surface area contributed by atoms with Crippen LogP contribution in [-0.4, -0.2) is 23.1 Å². The number of rotatable bonds is 4. The molecule has 0 saturated heterocycles. The van der Waals surface area contributed by atoms with Crippen molar-refractivity contribution in [1.29, 1.82) is 0 Å². The molecule has 1 aromatic heterocycles. The van der Waals surface area contributed by atoms with Gasteiger partial charge in [0.15, 0.2) is 6.04 Å². The molecular weight excluding hydrogens is 252 g/mol. The lowest BCUT2D eigenvalue weighted by atomic mass is 10.2. The SMILES string of the molecule is O=C(NC1CCCC1)NC(C(=O)O)c1cccs1. The third-order valence-corrected chi connectivity index (χ3v) is 3.98. The number of hydrogen-bond acceptors (Lipinski definition) is 3. The Bertz CT molecular complexity index is 413. The van der Waals surface area contributed by atoms with E-state index < -0.39 is 18.0 Å². The highest BCUT2D eigenvalue weighted by Crippen LogP contribution is 2.20. The Morgan fingerprint density at radius 3 is 2.67 bits per heavy atom. The third kappa shape index (κ3) is 3.22. The average molecular weight is 268 g/mol. The molecule has 1 aromatic rings. The number of carboxylic acids is 1. The molecule has 1 saturated carbocycles. The van der Waals surface area contributed by atoms with Crippen molar-refractivity contribution in [1.82, 2.24) is 10.6 Å². The molecule has 1 atom stereocenters. The van der Waals surface area contributed by atoms with Gasteiger partial charge >= 0.3 is 12.0 Å². The summed E-state index contributed by atoms with van der Waals surface area (Å²) in [7, 11) is 0. The van der Waals surface area contributed by atoms with E-state index in [9.17, 15) is 9.59 Å². The number of carboxylic acid groups (broad SMARTS) is 1. The van der Waals surface area contributed by atoms with Gasteiger partial charge in [-0.05, 0) is 24.3 Å². The highest BCUT2D eigenvalue weighted by atomic mass is 32.1. The predicted octanol–water partition coefficient (Wildman–Crippen LogP) is 2.12. The van der Waals surface area contributed by atoms with Gasteiger partial charge in [-0.25, -0.2) is 9.59 Å². The minimum Gasteiger partial charge on any atom is -0.479 e. The summed E-state index contributed by atoms with van der Waals surface area (Å²) >= 11 is 1.32. The second-order valence-corrected chi connectivity index (χ2v) is 5.37. The van der Waals surface area contributed by atoms with E-state index in [-0.39, 0.29) is 6.04 Å². The predicted molar refractivity (Wildman–Crippen MR) is 68.6 cm³/mol. The summed E-state index contributed by atoms with van der Waals surface area (Å²) in [5.41, 5.74) is 0. The second kappa shape index (κ2) is 5.86. The van der Waals surface area contributed by atoms with Crippen molar-refractivity contribution >= 4 is 23.3 Å². The Morgan fingerprint density at radius 2 is 2.11 bits per heavy atom. The first kappa shape index (κ1) is 12.9. The molecule has 2 amide bonds. The fourth-order valence-electron chi connectivity index (χ4n) is 2.14. The number of urea groups is 1. The zero-order chi connectivity index (χ0) is 13.0. The van der Waals surface area contributed by atoms with Crippen molar-refractivity contribution in [2.75, 3.05) is 0 Å². The van der Waals surface area contributed by atoms with Crippen molar-refractivity contribution in [2.24, 2.45) is 0 Å². The summed E-state index contributed by atoms with van der Waals surface area (Å²) in [6, 6.07) is 2.29. The van der Waals surface area contributed by atoms with E-state index in [0.29, 0.717) is 4.88 Å². The molecule has 0 spiro atoms. The maximum absolute atomic E-state index is 11.7. The average Bonchev–Trinajstić information content (AvgIpc) is 2.97. The number of nitrogens with one attached hydrogen (secondary N) is 2. The lowest BCUT2D eigenvalue weighted by Gasteiger charge is -2.16. The van der Waals surface area contributed by atoms with Gasteiger partial charge in [0.1, 0.15) is 0 Å². The largest absolute Gasteiger partial charge is 0.479 e. The number of amides is 2. The first-order chi connectivity index (χ1) is 8.66. The Labute approximate surface area is 109 Å². The maximum Gasteiger partial charge on any atom is 0.331 e. The molecule has 1 aliphatic rings. The minimum atomic E-state index is -1.04. The van der Waals surface area contributed by atoms with E-state index in [1.165, 1.54) is 11.3 Å². The summed E-state index contributed by atoms with van der Waals surface area (Å²) < 4.78 is 0. The lowest BCUT2D eigenvalue weighted by molar-refractivity contribution is -0.139. The molecule has 98 valence electrons. The normalized spacial score (nSPS) is 17.3. The summed E-state index contributed by atoms with van der Waals surface area (Å²) in [6.45, 7) is 0. The van der Waals surface area contributed by atoms with E-state index in [2.05, 4.69) is 10.6 Å². The molecule has 1 fully saturated rings.